The van der Waals surface area contributed by atoms with Crippen LogP contribution in [0.15, 0.2) is 29.3 Å². The number of nitrogens with two attached hydrogens (primary N) is 2. The summed E-state index contributed by atoms with van der Waals surface area (Å²) < 4.78 is 5.20. The Morgan fingerprint density at radius 2 is 1.90 bits per heavy atom. The summed E-state index contributed by atoms with van der Waals surface area (Å²) in [5.74, 6) is 0.181. The van der Waals surface area contributed by atoms with Gasteiger partial charge in [-0.2, -0.15) is 0 Å². The topological polar surface area (TPSA) is 115 Å². The molecule has 0 heterocycles. The van der Waals surface area contributed by atoms with E-state index >= 15 is 0 Å². The first-order valence-electron chi connectivity index (χ1n) is 6.97. The van der Waals surface area contributed by atoms with Gasteiger partial charge in [0.25, 0.3) is 0 Å². The van der Waals surface area contributed by atoms with Crippen molar-refractivity contribution in [2.75, 3.05) is 6.54 Å². The number of ether oxygens (including phenoxy) is 1. The minimum Gasteiger partial charge on any atom is -0.427 e. The van der Waals surface area contributed by atoms with Crippen molar-refractivity contribution in [1.29, 1.82) is 5.41 Å². The quantitative estimate of drug-likeness (QED) is 0.223. The van der Waals surface area contributed by atoms with E-state index in [-0.39, 0.29) is 18.3 Å². The highest BCUT2D eigenvalue weighted by atomic mass is 16.5. The number of rotatable bonds is 8. The maximum Gasteiger partial charge on any atom is 0.311 e. The third kappa shape index (κ3) is 6.56. The van der Waals surface area contributed by atoms with Crippen molar-refractivity contribution in [1.82, 2.24) is 0 Å². The lowest BCUT2D eigenvalue weighted by atomic mass is 10.1. The molecule has 5 N–H and O–H groups in total. The molecule has 0 saturated carbocycles. The number of nitrogens with zero attached hydrogens (tertiary/aromatic N) is 1. The normalized spacial score (nSPS) is 9.95. The molecule has 0 fully saturated rings. The van der Waals surface area contributed by atoms with E-state index in [9.17, 15) is 4.79 Å². The fourth-order valence-electron chi connectivity index (χ4n) is 1.73. The highest BCUT2D eigenvalue weighted by Gasteiger charge is 2.06. The van der Waals surface area contributed by atoms with Crippen molar-refractivity contribution in [3.63, 3.8) is 0 Å². The number of guanidine groups is 1. The molecule has 0 aliphatic rings. The average Bonchev–Trinajstić information content (AvgIpc) is 2.44. The number of benzene rings is 1. The molecule has 0 bridgehead atoms. The maximum absolute atomic E-state index is 11.6. The number of carbonyl (C=O) groups excluding carboxylic acids is 1. The Morgan fingerprint density at radius 1 is 1.24 bits per heavy atom. The van der Waals surface area contributed by atoms with Crippen molar-refractivity contribution in [3.8, 4) is 5.75 Å². The van der Waals surface area contributed by atoms with Gasteiger partial charge in [0.2, 0.25) is 0 Å². The standard InChI is InChI=1S/C15H22N4O2/c1-2-4-13(16)11-6-8-12(9-7-11)21-14(20)5-3-10-19-15(17)18/h6-9,16H,2-5,10H2,1H3,(H4,17,18,19). The average molecular weight is 290 g/mol. The van der Waals surface area contributed by atoms with Crippen LogP contribution in [0.2, 0.25) is 0 Å². The summed E-state index contributed by atoms with van der Waals surface area (Å²) in [5.41, 5.74) is 11.8. The van der Waals surface area contributed by atoms with Gasteiger partial charge in [-0.05, 0) is 42.7 Å². The van der Waals surface area contributed by atoms with Crippen LogP contribution in [0, 0.1) is 5.41 Å². The Hall–Kier alpha value is -2.37. The van der Waals surface area contributed by atoms with Crippen LogP contribution in [-0.4, -0.2) is 24.2 Å². The first-order chi connectivity index (χ1) is 10.0. The Bertz CT molecular complexity index is 505. The lowest BCUT2D eigenvalue weighted by molar-refractivity contribution is -0.134. The zero-order chi connectivity index (χ0) is 15.7. The van der Waals surface area contributed by atoms with E-state index in [4.69, 9.17) is 21.6 Å². The number of esters is 1. The van der Waals surface area contributed by atoms with E-state index in [0.29, 0.717) is 24.4 Å². The fraction of sp³-hybridized carbons (Fsp3) is 0.400. The molecule has 0 radical (unpaired) electrons. The van der Waals surface area contributed by atoms with E-state index in [1.165, 1.54) is 0 Å². The van der Waals surface area contributed by atoms with Crippen LogP contribution < -0.4 is 16.2 Å². The molecule has 6 heteroatoms. The summed E-state index contributed by atoms with van der Waals surface area (Å²) in [4.78, 5) is 15.4. The lowest BCUT2D eigenvalue weighted by Crippen LogP contribution is -2.23. The zero-order valence-electron chi connectivity index (χ0n) is 12.3. The molecular formula is C15H22N4O2. The number of hydrogen-bond donors (Lipinski definition) is 3. The molecule has 0 atom stereocenters. The van der Waals surface area contributed by atoms with E-state index in [1.807, 2.05) is 6.92 Å². The van der Waals surface area contributed by atoms with Gasteiger partial charge in [0, 0.05) is 18.7 Å². The van der Waals surface area contributed by atoms with Crippen LogP contribution in [0.5, 0.6) is 5.75 Å². The SMILES string of the molecule is CCCC(=N)c1ccc(OC(=O)CCCN=C(N)N)cc1. The highest BCUT2D eigenvalue weighted by molar-refractivity contribution is 5.98. The van der Waals surface area contributed by atoms with Gasteiger partial charge in [0.1, 0.15) is 5.75 Å². The van der Waals surface area contributed by atoms with Gasteiger partial charge in [-0.15, -0.1) is 0 Å². The van der Waals surface area contributed by atoms with Gasteiger partial charge in [0.05, 0.1) is 0 Å². The second-order valence-electron chi connectivity index (χ2n) is 4.64. The third-order valence-electron chi connectivity index (χ3n) is 2.77. The van der Waals surface area contributed by atoms with Gasteiger partial charge >= 0.3 is 5.97 Å². The third-order valence-corrected chi connectivity index (χ3v) is 2.77. The molecule has 0 aromatic heterocycles. The largest absolute Gasteiger partial charge is 0.427 e. The van der Waals surface area contributed by atoms with Gasteiger partial charge in [-0.3, -0.25) is 9.79 Å². The minimum absolute atomic E-state index is 0.0217. The highest BCUT2D eigenvalue weighted by Crippen LogP contribution is 2.14. The number of carbonyl (C=O) groups is 1. The Kier molecular flexibility index (Phi) is 6.94. The van der Waals surface area contributed by atoms with E-state index in [0.717, 1.165) is 18.4 Å². The summed E-state index contributed by atoms with van der Waals surface area (Å²) in [7, 11) is 0. The van der Waals surface area contributed by atoms with Crippen molar-refractivity contribution in [2.24, 2.45) is 16.5 Å². The van der Waals surface area contributed by atoms with Crippen LogP contribution >= 0.6 is 0 Å². The van der Waals surface area contributed by atoms with Crippen LogP contribution in [-0.2, 0) is 4.79 Å². The predicted molar refractivity (Wildman–Crippen MR) is 83.7 cm³/mol. The summed E-state index contributed by atoms with van der Waals surface area (Å²) in [5, 5.41) is 7.85. The molecule has 6 nitrogen and oxygen atoms in total. The first kappa shape index (κ1) is 16.7. The number of aliphatic imine (C=N–C) groups is 1. The molecule has 1 aromatic carbocycles. The number of hydrogen-bond acceptors (Lipinski definition) is 4. The predicted octanol–water partition coefficient (Wildman–Crippen LogP) is 1.81. The van der Waals surface area contributed by atoms with Gasteiger partial charge < -0.3 is 21.6 Å². The van der Waals surface area contributed by atoms with Gasteiger partial charge in [-0.1, -0.05) is 13.3 Å². The molecule has 0 unspecified atom stereocenters. The van der Waals surface area contributed by atoms with Crippen molar-refractivity contribution in [3.05, 3.63) is 29.8 Å². The lowest BCUT2D eigenvalue weighted by Gasteiger charge is -2.06. The molecule has 0 amide bonds. The van der Waals surface area contributed by atoms with Crippen LogP contribution in [0.3, 0.4) is 0 Å². The van der Waals surface area contributed by atoms with E-state index in [2.05, 4.69) is 4.99 Å². The molecule has 114 valence electrons. The Balaban J connectivity index is 2.43. The van der Waals surface area contributed by atoms with Crippen LogP contribution in [0.4, 0.5) is 0 Å². The molecule has 1 aromatic rings. The van der Waals surface area contributed by atoms with Crippen molar-refractivity contribution < 1.29 is 9.53 Å². The van der Waals surface area contributed by atoms with Gasteiger partial charge in [-0.25, -0.2) is 0 Å². The van der Waals surface area contributed by atoms with Crippen molar-refractivity contribution >= 4 is 17.6 Å². The molecule has 0 saturated heterocycles. The second-order valence-corrected chi connectivity index (χ2v) is 4.64. The molecule has 0 aliphatic heterocycles. The van der Waals surface area contributed by atoms with Crippen molar-refractivity contribution in [2.45, 2.75) is 32.6 Å². The molecule has 0 aliphatic carbocycles. The van der Waals surface area contributed by atoms with Gasteiger partial charge in [0.15, 0.2) is 5.96 Å². The molecule has 1 rings (SSSR count). The minimum atomic E-state index is -0.322. The first-order valence-corrected chi connectivity index (χ1v) is 6.97. The maximum atomic E-state index is 11.6. The second kappa shape index (κ2) is 8.73. The number of nitrogens with one attached hydrogen (secondary N) is 1. The molecule has 21 heavy (non-hydrogen) atoms. The fourth-order valence-corrected chi connectivity index (χ4v) is 1.73. The van der Waals surface area contributed by atoms with E-state index < -0.39 is 0 Å². The summed E-state index contributed by atoms with van der Waals surface area (Å²) in [6.07, 6.45) is 2.47. The van der Waals surface area contributed by atoms with Crippen LogP contribution in [0.1, 0.15) is 38.2 Å². The van der Waals surface area contributed by atoms with E-state index in [1.54, 1.807) is 24.3 Å². The summed E-state index contributed by atoms with van der Waals surface area (Å²) in [6.45, 7) is 2.44. The summed E-state index contributed by atoms with van der Waals surface area (Å²) >= 11 is 0. The Labute approximate surface area is 124 Å². The smallest absolute Gasteiger partial charge is 0.311 e. The molecular weight excluding hydrogens is 268 g/mol. The molecule has 0 spiro atoms. The monoisotopic (exact) mass is 290 g/mol. The zero-order valence-corrected chi connectivity index (χ0v) is 12.3. The van der Waals surface area contributed by atoms with Crippen LogP contribution in [0.25, 0.3) is 0 Å². The Morgan fingerprint density at radius 3 is 2.48 bits per heavy atom. The summed E-state index contributed by atoms with van der Waals surface area (Å²) in [6, 6.07) is 6.99.